The Hall–Kier alpha value is -1.34. The lowest BCUT2D eigenvalue weighted by Gasteiger charge is -2.34. The first-order chi connectivity index (χ1) is 11.0. The van der Waals surface area contributed by atoms with E-state index >= 15 is 0 Å². The second kappa shape index (κ2) is 8.67. The maximum Gasteiger partial charge on any atom is 0.407 e. The second-order valence-corrected chi connectivity index (χ2v) is 8.25. The van der Waals surface area contributed by atoms with Crippen LogP contribution >= 0.6 is 0 Å². The molecular weight excluding hydrogens is 308 g/mol. The van der Waals surface area contributed by atoms with Crippen molar-refractivity contribution >= 4 is 12.0 Å². The molecule has 0 saturated carbocycles. The Balaban J connectivity index is 0.000000272. The first kappa shape index (κ1) is 20.7. The Labute approximate surface area is 145 Å². The van der Waals surface area contributed by atoms with Crippen molar-refractivity contribution in [3.63, 3.8) is 0 Å². The smallest absolute Gasteiger partial charge is 0.407 e. The van der Waals surface area contributed by atoms with E-state index in [-0.39, 0.29) is 11.9 Å². The number of rotatable bonds is 1. The quantitative estimate of drug-likeness (QED) is 0.574. The zero-order chi connectivity index (χ0) is 18.4. The molecule has 24 heavy (non-hydrogen) atoms. The molecule has 2 heterocycles. The van der Waals surface area contributed by atoms with Gasteiger partial charge in [-0.25, -0.2) is 4.79 Å². The molecule has 0 aromatic heterocycles. The van der Waals surface area contributed by atoms with Crippen molar-refractivity contribution in [2.24, 2.45) is 5.73 Å². The molecule has 0 aromatic carbocycles. The van der Waals surface area contributed by atoms with Crippen LogP contribution in [-0.2, 0) is 9.53 Å². The van der Waals surface area contributed by atoms with Crippen molar-refractivity contribution < 1.29 is 14.3 Å². The minimum Gasteiger partial charge on any atom is -0.444 e. The van der Waals surface area contributed by atoms with Crippen LogP contribution in [-0.4, -0.2) is 48.3 Å². The van der Waals surface area contributed by atoms with Crippen LogP contribution in [0.4, 0.5) is 4.79 Å². The number of carbonyl (C=O) groups is 2. The topological polar surface area (TPSA) is 105 Å². The largest absolute Gasteiger partial charge is 0.444 e. The van der Waals surface area contributed by atoms with E-state index in [2.05, 4.69) is 29.8 Å². The van der Waals surface area contributed by atoms with Crippen molar-refractivity contribution in [1.82, 2.24) is 16.0 Å². The van der Waals surface area contributed by atoms with Gasteiger partial charge in [0.1, 0.15) is 5.60 Å². The van der Waals surface area contributed by atoms with E-state index in [4.69, 9.17) is 10.5 Å². The average molecular weight is 342 g/mol. The fourth-order valence-electron chi connectivity index (χ4n) is 2.47. The van der Waals surface area contributed by atoms with Gasteiger partial charge in [0.2, 0.25) is 5.91 Å². The summed E-state index contributed by atoms with van der Waals surface area (Å²) in [6.45, 7) is 11.3. The first-order valence-corrected chi connectivity index (χ1v) is 8.74. The predicted octanol–water partition coefficient (Wildman–Crippen LogP) is 1.27. The molecule has 0 radical (unpaired) electrons. The van der Waals surface area contributed by atoms with E-state index in [0.29, 0.717) is 31.0 Å². The third kappa shape index (κ3) is 9.08. The van der Waals surface area contributed by atoms with Crippen molar-refractivity contribution in [3.05, 3.63) is 0 Å². The van der Waals surface area contributed by atoms with E-state index < -0.39 is 11.7 Å². The molecule has 2 aliphatic rings. The lowest BCUT2D eigenvalue weighted by atomic mass is 9.91. The molecule has 0 unspecified atom stereocenters. The zero-order valence-corrected chi connectivity index (χ0v) is 15.7. The highest BCUT2D eigenvalue weighted by atomic mass is 16.6. The number of nitrogens with one attached hydrogen (secondary N) is 3. The number of carbonyl (C=O) groups excluding carboxylic acids is 2. The number of ether oxygens (including phenoxy) is 1. The first-order valence-electron chi connectivity index (χ1n) is 8.74. The van der Waals surface area contributed by atoms with E-state index in [9.17, 15) is 9.59 Å². The molecule has 7 heteroatoms. The number of alkyl carbamates (subject to hydrolysis) is 1. The highest BCUT2D eigenvalue weighted by Gasteiger charge is 2.24. The Morgan fingerprint density at radius 1 is 1.29 bits per heavy atom. The minimum absolute atomic E-state index is 0.0162. The van der Waals surface area contributed by atoms with Gasteiger partial charge in [-0.15, -0.1) is 0 Å². The van der Waals surface area contributed by atoms with Crippen LogP contribution in [0.1, 0.15) is 60.3 Å². The fraction of sp³-hybridized carbons (Fsp3) is 0.882. The summed E-state index contributed by atoms with van der Waals surface area (Å²) >= 11 is 0. The van der Waals surface area contributed by atoms with Crippen LogP contribution in [0.5, 0.6) is 0 Å². The molecule has 2 saturated heterocycles. The second-order valence-electron chi connectivity index (χ2n) is 8.25. The molecule has 2 rings (SSSR count). The van der Waals surface area contributed by atoms with Crippen LogP contribution in [0.15, 0.2) is 0 Å². The third-order valence-corrected chi connectivity index (χ3v) is 3.97. The summed E-state index contributed by atoms with van der Waals surface area (Å²) in [6.07, 6.45) is 3.07. The normalized spacial score (nSPS) is 26.5. The van der Waals surface area contributed by atoms with Gasteiger partial charge in [-0.2, -0.15) is 0 Å². The number of hydrogen-bond acceptors (Lipinski definition) is 5. The van der Waals surface area contributed by atoms with Crippen LogP contribution in [0.25, 0.3) is 0 Å². The summed E-state index contributed by atoms with van der Waals surface area (Å²) in [4.78, 5) is 22.2. The van der Waals surface area contributed by atoms with Gasteiger partial charge in [0, 0.05) is 31.1 Å². The zero-order valence-electron chi connectivity index (χ0n) is 15.7. The van der Waals surface area contributed by atoms with Gasteiger partial charge in [-0.1, -0.05) is 0 Å². The van der Waals surface area contributed by atoms with Crippen LogP contribution in [0.3, 0.4) is 0 Å². The Morgan fingerprint density at radius 2 is 1.96 bits per heavy atom. The van der Waals surface area contributed by atoms with Gasteiger partial charge >= 0.3 is 6.09 Å². The molecule has 2 aliphatic heterocycles. The summed E-state index contributed by atoms with van der Waals surface area (Å²) in [5.74, 6) is 0.0391. The van der Waals surface area contributed by atoms with Crippen LogP contribution < -0.4 is 21.7 Å². The summed E-state index contributed by atoms with van der Waals surface area (Å²) in [6, 6.07) is 0.371. The molecule has 140 valence electrons. The van der Waals surface area contributed by atoms with Crippen LogP contribution in [0, 0.1) is 0 Å². The molecule has 0 bridgehead atoms. The van der Waals surface area contributed by atoms with Gasteiger partial charge in [0.05, 0.1) is 6.04 Å². The lowest BCUT2D eigenvalue weighted by Crippen LogP contribution is -2.51. The van der Waals surface area contributed by atoms with E-state index in [1.54, 1.807) is 0 Å². The molecule has 2 atom stereocenters. The van der Waals surface area contributed by atoms with Gasteiger partial charge < -0.3 is 26.4 Å². The molecule has 7 nitrogen and oxygen atoms in total. The number of amides is 2. The maximum absolute atomic E-state index is 11.4. The Bertz CT molecular complexity index is 412. The molecule has 5 N–H and O–H groups in total. The molecule has 0 aromatic rings. The summed E-state index contributed by atoms with van der Waals surface area (Å²) < 4.78 is 5.10. The number of nitrogens with two attached hydrogens (primary N) is 1. The van der Waals surface area contributed by atoms with Crippen molar-refractivity contribution in [2.45, 2.75) is 83.5 Å². The predicted molar refractivity (Wildman–Crippen MR) is 94.7 cm³/mol. The van der Waals surface area contributed by atoms with E-state index in [1.807, 2.05) is 20.8 Å². The Morgan fingerprint density at radius 3 is 2.38 bits per heavy atom. The van der Waals surface area contributed by atoms with E-state index in [0.717, 1.165) is 6.54 Å². The van der Waals surface area contributed by atoms with Gasteiger partial charge in [0.15, 0.2) is 0 Å². The van der Waals surface area contributed by atoms with E-state index in [1.165, 1.54) is 12.8 Å². The third-order valence-electron chi connectivity index (χ3n) is 3.97. The van der Waals surface area contributed by atoms with Gasteiger partial charge in [-0.05, 0) is 53.9 Å². The average Bonchev–Trinajstić information content (AvgIpc) is 2.43. The highest BCUT2D eigenvalue weighted by Crippen LogP contribution is 2.16. The fourth-order valence-corrected chi connectivity index (χ4v) is 2.47. The summed E-state index contributed by atoms with van der Waals surface area (Å²) in [7, 11) is 0. The SMILES string of the molecule is CC(C)(C)OC(=O)N[C@H]1CCC(=O)NC1.CC1(C)CC[C@H](N)CN1. The van der Waals surface area contributed by atoms with Crippen LogP contribution in [0.2, 0.25) is 0 Å². The van der Waals surface area contributed by atoms with Crippen molar-refractivity contribution in [1.29, 1.82) is 0 Å². The van der Waals surface area contributed by atoms with Gasteiger partial charge in [-0.3, -0.25) is 4.79 Å². The highest BCUT2D eigenvalue weighted by molar-refractivity contribution is 5.77. The summed E-state index contributed by atoms with van der Waals surface area (Å²) in [5, 5.41) is 8.79. The molecule has 0 aliphatic carbocycles. The maximum atomic E-state index is 11.4. The summed E-state index contributed by atoms with van der Waals surface area (Å²) in [5.41, 5.74) is 5.54. The Kier molecular flexibility index (Phi) is 7.48. The molecule has 0 spiro atoms. The standard InChI is InChI=1S/C10H18N2O3.C7H16N2/c1-10(2,3)15-9(14)12-7-4-5-8(13)11-6-7;1-7(2)4-3-6(8)5-9-7/h7H,4-6H2,1-3H3,(H,11,13)(H,12,14);6,9H,3-5,8H2,1-2H3/t7-;6-/m00/s1. The number of piperidine rings is 2. The molecule has 2 fully saturated rings. The minimum atomic E-state index is -0.484. The monoisotopic (exact) mass is 342 g/mol. The van der Waals surface area contributed by atoms with Crippen molar-refractivity contribution in [2.75, 3.05) is 13.1 Å². The lowest BCUT2D eigenvalue weighted by molar-refractivity contribution is -0.122. The molecule has 2 amide bonds. The van der Waals surface area contributed by atoms with Gasteiger partial charge in [0.25, 0.3) is 0 Å². The van der Waals surface area contributed by atoms with Crippen molar-refractivity contribution in [3.8, 4) is 0 Å². The molecular formula is C17H34N4O3. The number of hydrogen-bond donors (Lipinski definition) is 4.